The minimum atomic E-state index is -0.730. The van der Waals surface area contributed by atoms with Crippen molar-refractivity contribution in [3.8, 4) is 0 Å². The predicted molar refractivity (Wildman–Crippen MR) is 52.2 cm³/mol. The van der Waals surface area contributed by atoms with Gasteiger partial charge in [0.05, 0.1) is 6.61 Å². The van der Waals surface area contributed by atoms with Crippen LogP contribution < -0.4 is 0 Å². The second-order valence-corrected chi connectivity index (χ2v) is 3.07. The monoisotopic (exact) mass is 208 g/mol. The maximum absolute atomic E-state index is 10.1. The molecule has 0 saturated heterocycles. The Morgan fingerprint density at radius 2 is 1.77 bits per heavy atom. The summed E-state index contributed by atoms with van der Waals surface area (Å²) in [5.41, 5.74) is -0.730. The fourth-order valence-corrected chi connectivity index (χ4v) is 0.884. The van der Waals surface area contributed by atoms with E-state index >= 15 is 0 Å². The van der Waals surface area contributed by atoms with Crippen molar-refractivity contribution in [1.29, 1.82) is 0 Å². The highest BCUT2D eigenvalue weighted by molar-refractivity contribution is 6.61. The Morgan fingerprint density at radius 1 is 1.15 bits per heavy atom. The van der Waals surface area contributed by atoms with Crippen LogP contribution in [0.15, 0.2) is 0 Å². The van der Waals surface area contributed by atoms with Crippen molar-refractivity contribution in [2.24, 2.45) is 0 Å². The third-order valence-corrected chi connectivity index (χ3v) is 1.65. The standard InChI is InChI=1S/C9H17ClO3/c1-2-3-6-12-7-4-5-8-13-9(10)11/h2-8H2,1H3. The van der Waals surface area contributed by atoms with Gasteiger partial charge < -0.3 is 9.47 Å². The Labute approximate surface area is 84.4 Å². The molecule has 0 aliphatic carbocycles. The number of ether oxygens (including phenoxy) is 2. The quantitative estimate of drug-likeness (QED) is 0.455. The molecule has 0 aromatic heterocycles. The van der Waals surface area contributed by atoms with Gasteiger partial charge in [0, 0.05) is 24.8 Å². The average molecular weight is 209 g/mol. The van der Waals surface area contributed by atoms with E-state index < -0.39 is 5.43 Å². The molecular formula is C9H17ClO3. The molecule has 0 amide bonds. The maximum Gasteiger partial charge on any atom is 0.403 e. The zero-order valence-electron chi connectivity index (χ0n) is 8.05. The van der Waals surface area contributed by atoms with Gasteiger partial charge in [0.1, 0.15) is 0 Å². The molecule has 0 spiro atoms. The minimum Gasteiger partial charge on any atom is -0.454 e. The number of halogens is 1. The first kappa shape index (κ1) is 12.7. The molecule has 0 radical (unpaired) electrons. The smallest absolute Gasteiger partial charge is 0.403 e. The first-order valence-electron chi connectivity index (χ1n) is 4.67. The second kappa shape index (κ2) is 9.81. The third-order valence-electron chi connectivity index (χ3n) is 1.54. The van der Waals surface area contributed by atoms with E-state index in [9.17, 15) is 4.79 Å². The van der Waals surface area contributed by atoms with Gasteiger partial charge in [-0.3, -0.25) is 0 Å². The van der Waals surface area contributed by atoms with E-state index in [1.807, 2.05) is 0 Å². The molecule has 3 nitrogen and oxygen atoms in total. The van der Waals surface area contributed by atoms with Crippen molar-refractivity contribution in [2.45, 2.75) is 32.6 Å². The predicted octanol–water partition coefficient (Wildman–Crippen LogP) is 2.96. The molecular weight excluding hydrogens is 192 g/mol. The van der Waals surface area contributed by atoms with Crippen LogP contribution in [-0.2, 0) is 9.47 Å². The van der Waals surface area contributed by atoms with Gasteiger partial charge in [-0.2, -0.15) is 0 Å². The molecule has 0 rings (SSSR count). The number of carbonyl (C=O) groups is 1. The number of hydrogen-bond acceptors (Lipinski definition) is 3. The molecule has 0 unspecified atom stereocenters. The normalized spacial score (nSPS) is 10.0. The van der Waals surface area contributed by atoms with Crippen molar-refractivity contribution in [3.05, 3.63) is 0 Å². The average Bonchev–Trinajstić information content (AvgIpc) is 2.09. The topological polar surface area (TPSA) is 35.5 Å². The van der Waals surface area contributed by atoms with Gasteiger partial charge in [0.2, 0.25) is 0 Å². The van der Waals surface area contributed by atoms with Crippen LogP contribution in [0.4, 0.5) is 4.79 Å². The highest BCUT2D eigenvalue weighted by Gasteiger charge is 1.94. The summed E-state index contributed by atoms with van der Waals surface area (Å²) in [5.74, 6) is 0. The summed E-state index contributed by atoms with van der Waals surface area (Å²) in [4.78, 5) is 10.1. The molecule has 0 saturated carbocycles. The Kier molecular flexibility index (Phi) is 9.59. The lowest BCUT2D eigenvalue weighted by atomic mass is 10.3. The Morgan fingerprint density at radius 3 is 2.38 bits per heavy atom. The summed E-state index contributed by atoms with van der Waals surface area (Å²) in [7, 11) is 0. The van der Waals surface area contributed by atoms with Crippen molar-refractivity contribution in [1.82, 2.24) is 0 Å². The molecule has 0 fully saturated rings. The minimum absolute atomic E-state index is 0.388. The summed E-state index contributed by atoms with van der Waals surface area (Å²) in [6.45, 7) is 4.08. The van der Waals surface area contributed by atoms with Crippen molar-refractivity contribution in [2.75, 3.05) is 19.8 Å². The van der Waals surface area contributed by atoms with Crippen LogP contribution in [0.2, 0.25) is 0 Å². The zero-order valence-corrected chi connectivity index (χ0v) is 8.81. The molecule has 0 N–H and O–H groups in total. The Bertz CT molecular complexity index is 128. The Balaban J connectivity index is 2.87. The number of carbonyl (C=O) groups excluding carboxylic acids is 1. The first-order valence-corrected chi connectivity index (χ1v) is 5.05. The van der Waals surface area contributed by atoms with Crippen molar-refractivity contribution in [3.63, 3.8) is 0 Å². The SMILES string of the molecule is CCCCOCCCCOC(=O)Cl. The molecule has 0 bridgehead atoms. The molecule has 0 aromatic carbocycles. The van der Waals surface area contributed by atoms with Crippen molar-refractivity contribution < 1.29 is 14.3 Å². The van der Waals surface area contributed by atoms with Crippen LogP contribution in [0.3, 0.4) is 0 Å². The largest absolute Gasteiger partial charge is 0.454 e. The summed E-state index contributed by atoms with van der Waals surface area (Å²) in [5, 5.41) is 0. The lowest BCUT2D eigenvalue weighted by Crippen LogP contribution is -2.00. The van der Waals surface area contributed by atoms with Gasteiger partial charge in [0.25, 0.3) is 0 Å². The second-order valence-electron chi connectivity index (χ2n) is 2.76. The number of unbranched alkanes of at least 4 members (excludes halogenated alkanes) is 2. The summed E-state index contributed by atoms with van der Waals surface area (Å²) in [6.07, 6.45) is 3.99. The van der Waals surface area contributed by atoms with E-state index in [1.165, 1.54) is 0 Å². The van der Waals surface area contributed by atoms with E-state index in [0.29, 0.717) is 6.61 Å². The highest BCUT2D eigenvalue weighted by atomic mass is 35.5. The van der Waals surface area contributed by atoms with Gasteiger partial charge in [-0.15, -0.1) is 0 Å². The van der Waals surface area contributed by atoms with Gasteiger partial charge in [-0.1, -0.05) is 13.3 Å². The zero-order chi connectivity index (χ0) is 9.94. The molecule has 0 atom stereocenters. The summed E-state index contributed by atoms with van der Waals surface area (Å²) < 4.78 is 9.85. The van der Waals surface area contributed by atoms with E-state index in [4.69, 9.17) is 16.3 Å². The molecule has 4 heteroatoms. The van der Waals surface area contributed by atoms with Crippen LogP contribution in [0.25, 0.3) is 0 Å². The first-order chi connectivity index (χ1) is 6.27. The molecule has 0 aliphatic rings. The van der Waals surface area contributed by atoms with Crippen LogP contribution >= 0.6 is 11.6 Å². The van der Waals surface area contributed by atoms with Gasteiger partial charge >= 0.3 is 5.43 Å². The third kappa shape index (κ3) is 11.7. The lowest BCUT2D eigenvalue weighted by molar-refractivity contribution is 0.119. The van der Waals surface area contributed by atoms with Gasteiger partial charge in [-0.25, -0.2) is 4.79 Å². The van der Waals surface area contributed by atoms with Gasteiger partial charge in [-0.05, 0) is 19.3 Å². The van der Waals surface area contributed by atoms with Crippen LogP contribution in [0.1, 0.15) is 32.6 Å². The molecule has 0 aromatic rings. The molecule has 0 heterocycles. The fourth-order valence-electron chi connectivity index (χ4n) is 0.807. The molecule has 78 valence electrons. The van der Waals surface area contributed by atoms with Crippen molar-refractivity contribution >= 4 is 17.0 Å². The van der Waals surface area contributed by atoms with Crippen LogP contribution in [0.5, 0.6) is 0 Å². The van der Waals surface area contributed by atoms with E-state index in [2.05, 4.69) is 11.7 Å². The Hall–Kier alpha value is -0.280. The number of hydrogen-bond donors (Lipinski definition) is 0. The van der Waals surface area contributed by atoms with E-state index in [0.717, 1.165) is 38.9 Å². The fraction of sp³-hybridized carbons (Fsp3) is 0.889. The molecule has 13 heavy (non-hydrogen) atoms. The van der Waals surface area contributed by atoms with Gasteiger partial charge in [0.15, 0.2) is 0 Å². The summed E-state index contributed by atoms with van der Waals surface area (Å²) in [6, 6.07) is 0. The van der Waals surface area contributed by atoms with E-state index in [-0.39, 0.29) is 0 Å². The van der Waals surface area contributed by atoms with E-state index in [1.54, 1.807) is 0 Å². The maximum atomic E-state index is 10.1. The lowest BCUT2D eigenvalue weighted by Gasteiger charge is -2.02. The summed E-state index contributed by atoms with van der Waals surface area (Å²) >= 11 is 4.97. The highest BCUT2D eigenvalue weighted by Crippen LogP contribution is 1.95. The van der Waals surface area contributed by atoms with Crippen LogP contribution in [-0.4, -0.2) is 25.2 Å². The number of rotatable bonds is 8. The molecule has 0 aliphatic heterocycles. The van der Waals surface area contributed by atoms with Crippen LogP contribution in [0, 0.1) is 0 Å².